The van der Waals surface area contributed by atoms with E-state index in [1.807, 2.05) is 48.5 Å². The molecular weight excluding hydrogens is 368 g/mol. The molecule has 0 aliphatic carbocycles. The number of nitrogens with zero attached hydrogens (tertiary/aromatic N) is 6. The zero-order valence-electron chi connectivity index (χ0n) is 15.8. The first-order valence-electron chi connectivity index (χ1n) is 9.32. The Kier molecular flexibility index (Phi) is 4.16. The quantitative estimate of drug-likeness (QED) is 0.536. The van der Waals surface area contributed by atoms with Crippen molar-refractivity contribution in [3.05, 3.63) is 72.5 Å². The molecule has 0 atom stereocenters. The number of hydrogen-bond acceptors (Lipinski definition) is 6. The lowest BCUT2D eigenvalue weighted by atomic mass is 9.99. The van der Waals surface area contributed by atoms with Gasteiger partial charge in [0.05, 0.1) is 11.6 Å². The predicted octanol–water partition coefficient (Wildman–Crippen LogP) is 2.77. The van der Waals surface area contributed by atoms with Crippen LogP contribution in [0.2, 0.25) is 0 Å². The molecule has 1 aliphatic rings. The van der Waals surface area contributed by atoms with Crippen LogP contribution in [0.4, 0.5) is 0 Å². The largest absolute Gasteiger partial charge is 0.339 e. The molecule has 0 radical (unpaired) electrons. The molecule has 0 bridgehead atoms. The van der Waals surface area contributed by atoms with E-state index in [0.717, 1.165) is 16.8 Å². The molecule has 1 fully saturated rings. The van der Waals surface area contributed by atoms with Crippen LogP contribution in [0.3, 0.4) is 0 Å². The highest BCUT2D eigenvalue weighted by Crippen LogP contribution is 2.29. The van der Waals surface area contributed by atoms with Crippen molar-refractivity contribution in [3.63, 3.8) is 0 Å². The van der Waals surface area contributed by atoms with Crippen LogP contribution < -0.4 is 0 Å². The third-order valence-corrected chi connectivity index (χ3v) is 5.05. The number of aryl methyl sites for hydroxylation is 1. The first-order valence-corrected chi connectivity index (χ1v) is 9.32. The van der Waals surface area contributed by atoms with Crippen molar-refractivity contribution < 1.29 is 9.32 Å². The second-order valence-electron chi connectivity index (χ2n) is 7.01. The number of pyridine rings is 1. The third-order valence-electron chi connectivity index (χ3n) is 5.05. The van der Waals surface area contributed by atoms with Crippen LogP contribution in [-0.4, -0.2) is 48.8 Å². The van der Waals surface area contributed by atoms with Crippen LogP contribution in [0, 0.1) is 0 Å². The van der Waals surface area contributed by atoms with E-state index < -0.39 is 0 Å². The van der Waals surface area contributed by atoms with Crippen LogP contribution >= 0.6 is 0 Å². The highest BCUT2D eigenvalue weighted by molar-refractivity contribution is 5.94. The van der Waals surface area contributed by atoms with Crippen molar-refractivity contribution >= 4 is 5.91 Å². The number of likely N-dealkylation sites (tertiary alicyclic amines) is 1. The van der Waals surface area contributed by atoms with Gasteiger partial charge in [0.1, 0.15) is 5.69 Å². The van der Waals surface area contributed by atoms with E-state index >= 15 is 0 Å². The van der Waals surface area contributed by atoms with Gasteiger partial charge in [-0.3, -0.25) is 14.5 Å². The Bertz CT molecular complexity index is 1150. The van der Waals surface area contributed by atoms with Crippen molar-refractivity contribution in [2.45, 2.75) is 5.92 Å². The van der Waals surface area contributed by atoms with E-state index in [1.54, 1.807) is 29.0 Å². The highest BCUT2D eigenvalue weighted by Gasteiger charge is 2.37. The molecule has 8 heteroatoms. The van der Waals surface area contributed by atoms with Gasteiger partial charge in [-0.1, -0.05) is 35.5 Å². The third kappa shape index (κ3) is 3.18. The molecule has 5 rings (SSSR count). The Labute approximate surface area is 166 Å². The molecule has 1 saturated heterocycles. The summed E-state index contributed by atoms with van der Waals surface area (Å²) in [5.74, 6) is 1.05. The van der Waals surface area contributed by atoms with Crippen molar-refractivity contribution in [1.29, 1.82) is 0 Å². The molecular formula is C21H18N6O2. The first-order chi connectivity index (χ1) is 14.2. The standard InChI is InChI=1S/C21H18N6O2/c1-26-18(10-17(24-26)14-6-3-2-4-7-14)21(28)27-12-16(13-27)20-23-19(25-29-20)15-8-5-9-22-11-15/h2-11,16H,12-13H2,1H3. The molecule has 8 nitrogen and oxygen atoms in total. The van der Waals surface area contributed by atoms with Crippen molar-refractivity contribution in [2.75, 3.05) is 13.1 Å². The Hall–Kier alpha value is -3.81. The van der Waals surface area contributed by atoms with E-state index in [4.69, 9.17) is 4.52 Å². The zero-order chi connectivity index (χ0) is 19.8. The number of carbonyl (C=O) groups excluding carboxylic acids is 1. The number of carbonyl (C=O) groups is 1. The monoisotopic (exact) mass is 386 g/mol. The van der Waals surface area contributed by atoms with E-state index in [9.17, 15) is 4.79 Å². The number of benzene rings is 1. The molecule has 0 saturated carbocycles. The van der Waals surface area contributed by atoms with Gasteiger partial charge in [-0.05, 0) is 18.2 Å². The molecule has 29 heavy (non-hydrogen) atoms. The van der Waals surface area contributed by atoms with Gasteiger partial charge in [0.15, 0.2) is 0 Å². The maximum absolute atomic E-state index is 12.9. The smallest absolute Gasteiger partial charge is 0.272 e. The number of amides is 1. The number of hydrogen-bond donors (Lipinski definition) is 0. The Morgan fingerprint density at radius 3 is 2.66 bits per heavy atom. The lowest BCUT2D eigenvalue weighted by Crippen LogP contribution is -2.49. The number of aromatic nitrogens is 5. The minimum atomic E-state index is -0.0505. The minimum absolute atomic E-state index is 0.0405. The lowest BCUT2D eigenvalue weighted by Gasteiger charge is -2.36. The highest BCUT2D eigenvalue weighted by atomic mass is 16.5. The summed E-state index contributed by atoms with van der Waals surface area (Å²) in [7, 11) is 1.79. The van der Waals surface area contributed by atoms with E-state index in [0.29, 0.717) is 30.5 Å². The summed E-state index contributed by atoms with van der Waals surface area (Å²) in [6.07, 6.45) is 3.39. The van der Waals surface area contributed by atoms with Gasteiger partial charge >= 0.3 is 0 Å². The average molecular weight is 386 g/mol. The summed E-state index contributed by atoms with van der Waals surface area (Å²) in [6, 6.07) is 15.4. The topological polar surface area (TPSA) is 89.9 Å². The predicted molar refractivity (Wildman–Crippen MR) is 105 cm³/mol. The lowest BCUT2D eigenvalue weighted by molar-refractivity contribution is 0.0558. The van der Waals surface area contributed by atoms with Crippen molar-refractivity contribution in [1.82, 2.24) is 29.8 Å². The molecule has 4 heterocycles. The fourth-order valence-corrected chi connectivity index (χ4v) is 3.39. The van der Waals surface area contributed by atoms with Crippen LogP contribution in [0.15, 0.2) is 65.4 Å². The molecule has 0 N–H and O–H groups in total. The average Bonchev–Trinajstić information content (AvgIpc) is 3.35. The van der Waals surface area contributed by atoms with Crippen LogP contribution in [0.25, 0.3) is 22.6 Å². The molecule has 1 amide bonds. The maximum Gasteiger partial charge on any atom is 0.272 e. The molecule has 1 aromatic carbocycles. The van der Waals surface area contributed by atoms with E-state index in [2.05, 4.69) is 20.2 Å². The summed E-state index contributed by atoms with van der Waals surface area (Å²) in [5, 5.41) is 8.50. The van der Waals surface area contributed by atoms with Gasteiger partial charge in [-0.15, -0.1) is 0 Å². The van der Waals surface area contributed by atoms with Gasteiger partial charge in [0, 0.05) is 43.7 Å². The molecule has 4 aromatic rings. The fraction of sp³-hybridized carbons (Fsp3) is 0.190. The van der Waals surface area contributed by atoms with Gasteiger partial charge in [-0.25, -0.2) is 0 Å². The molecule has 0 unspecified atom stereocenters. The second kappa shape index (κ2) is 6.97. The summed E-state index contributed by atoms with van der Waals surface area (Å²) in [5.41, 5.74) is 3.13. The summed E-state index contributed by atoms with van der Waals surface area (Å²) >= 11 is 0. The molecule has 0 spiro atoms. The Morgan fingerprint density at radius 2 is 1.90 bits per heavy atom. The Morgan fingerprint density at radius 1 is 1.10 bits per heavy atom. The van der Waals surface area contributed by atoms with Gasteiger partial charge in [0.25, 0.3) is 5.91 Å². The number of rotatable bonds is 4. The van der Waals surface area contributed by atoms with Gasteiger partial charge in [-0.2, -0.15) is 10.1 Å². The van der Waals surface area contributed by atoms with Crippen LogP contribution in [0.1, 0.15) is 22.3 Å². The van der Waals surface area contributed by atoms with Gasteiger partial charge < -0.3 is 9.42 Å². The summed E-state index contributed by atoms with van der Waals surface area (Å²) in [6.45, 7) is 1.08. The van der Waals surface area contributed by atoms with Gasteiger partial charge in [0.2, 0.25) is 11.7 Å². The maximum atomic E-state index is 12.9. The molecule has 144 valence electrons. The Balaban J connectivity index is 1.27. The zero-order valence-corrected chi connectivity index (χ0v) is 15.8. The van der Waals surface area contributed by atoms with Crippen molar-refractivity contribution in [3.8, 4) is 22.6 Å². The molecule has 1 aliphatic heterocycles. The normalized spacial score (nSPS) is 14.0. The van der Waals surface area contributed by atoms with Crippen LogP contribution in [0.5, 0.6) is 0 Å². The molecule has 3 aromatic heterocycles. The summed E-state index contributed by atoms with van der Waals surface area (Å²) < 4.78 is 7.03. The SMILES string of the molecule is Cn1nc(-c2ccccc2)cc1C(=O)N1CC(c2nc(-c3cccnc3)no2)C1. The minimum Gasteiger partial charge on any atom is -0.339 e. The summed E-state index contributed by atoms with van der Waals surface area (Å²) in [4.78, 5) is 23.2. The van der Waals surface area contributed by atoms with Crippen molar-refractivity contribution in [2.24, 2.45) is 7.05 Å². The first kappa shape index (κ1) is 17.3. The van der Waals surface area contributed by atoms with E-state index in [1.165, 1.54) is 0 Å². The van der Waals surface area contributed by atoms with E-state index in [-0.39, 0.29) is 11.8 Å². The second-order valence-corrected chi connectivity index (χ2v) is 7.01. The fourth-order valence-electron chi connectivity index (χ4n) is 3.39. The van der Waals surface area contributed by atoms with Crippen LogP contribution in [-0.2, 0) is 7.05 Å².